The first-order valence-electron chi connectivity index (χ1n) is 20.7. The van der Waals surface area contributed by atoms with Crippen molar-refractivity contribution in [3.8, 4) is 51.2 Å². The molecule has 0 bridgehead atoms. The predicted molar refractivity (Wildman–Crippen MR) is 260 cm³/mol. The number of fused-ring (bicyclic) bond motifs is 9. The molecule has 0 radical (unpaired) electrons. The van der Waals surface area contributed by atoms with E-state index in [1.165, 1.54) is 5.56 Å². The zero-order valence-corrected chi connectivity index (χ0v) is 34.5. The van der Waals surface area contributed by atoms with E-state index < -0.39 is 0 Å². The fourth-order valence-corrected chi connectivity index (χ4v) is 9.88. The molecule has 8 heteroatoms. The fraction of sp³-hybridized carbons (Fsp3) is 0. The zero-order valence-electron chi connectivity index (χ0n) is 33.7. The van der Waals surface area contributed by atoms with Crippen LogP contribution in [0.3, 0.4) is 0 Å². The third-order valence-corrected chi connectivity index (χ3v) is 12.7. The van der Waals surface area contributed by atoms with Crippen molar-refractivity contribution in [3.63, 3.8) is 0 Å². The van der Waals surface area contributed by atoms with Crippen molar-refractivity contribution in [1.29, 1.82) is 0 Å². The number of thiophene rings is 1. The van der Waals surface area contributed by atoms with E-state index in [2.05, 4.69) is 114 Å². The van der Waals surface area contributed by atoms with E-state index in [0.29, 0.717) is 34.7 Å². The highest BCUT2D eigenvalue weighted by Crippen LogP contribution is 2.44. The second-order valence-corrected chi connectivity index (χ2v) is 16.3. The molecule has 0 aliphatic carbocycles. The lowest BCUT2D eigenvalue weighted by molar-refractivity contribution is 0.664. The summed E-state index contributed by atoms with van der Waals surface area (Å²) >= 11 is 1.72. The van der Waals surface area contributed by atoms with Crippen LogP contribution in [0.15, 0.2) is 199 Å². The third kappa shape index (κ3) is 6.15. The van der Waals surface area contributed by atoms with Gasteiger partial charge in [-0.05, 0) is 59.7 Å². The number of hydrogen-bond donors (Lipinski definition) is 0. The van der Waals surface area contributed by atoms with Crippen LogP contribution in [0, 0.1) is 0 Å². The summed E-state index contributed by atoms with van der Waals surface area (Å²) in [6, 6.07) is 56.5. The van der Waals surface area contributed by atoms with E-state index >= 15 is 0 Å². The van der Waals surface area contributed by atoms with Crippen LogP contribution in [0.4, 0.5) is 0 Å². The molecular weight excluding hydrogens is 793 g/mol. The summed E-state index contributed by atoms with van der Waals surface area (Å²) in [7, 11) is 0. The van der Waals surface area contributed by atoms with Crippen molar-refractivity contribution >= 4 is 81.5 Å². The van der Waals surface area contributed by atoms with Crippen LogP contribution in [0.25, 0.3) is 121 Å². The van der Waals surface area contributed by atoms with Crippen molar-refractivity contribution in [2.24, 2.45) is 0 Å². The number of furan rings is 1. The number of aromatic nitrogens is 6. The van der Waals surface area contributed by atoms with E-state index in [-0.39, 0.29) is 0 Å². The summed E-state index contributed by atoms with van der Waals surface area (Å²) in [4.78, 5) is 26.2. The largest absolute Gasteiger partial charge is 0.452 e. The molecule has 0 amide bonds. The maximum Gasteiger partial charge on any atom is 0.238 e. The summed E-state index contributed by atoms with van der Waals surface area (Å²) < 4.78 is 10.7. The van der Waals surface area contributed by atoms with Gasteiger partial charge in [-0.3, -0.25) is 4.57 Å². The highest BCUT2D eigenvalue weighted by atomic mass is 32.1. The summed E-state index contributed by atoms with van der Waals surface area (Å²) in [5.41, 5.74) is 10.00. The van der Waals surface area contributed by atoms with Crippen LogP contribution < -0.4 is 0 Å². The van der Waals surface area contributed by atoms with E-state index in [4.69, 9.17) is 29.3 Å². The maximum atomic E-state index is 6.35. The number of allylic oxidation sites excluding steroid dienone is 4. The normalized spacial score (nSPS) is 12.1. The first-order chi connectivity index (χ1) is 31.2. The molecule has 0 fully saturated rings. The molecule has 0 saturated carbocycles. The molecular formula is C55H34N6OS. The van der Waals surface area contributed by atoms with E-state index in [9.17, 15) is 0 Å². The van der Waals surface area contributed by atoms with Gasteiger partial charge in [0.25, 0.3) is 0 Å². The average molecular weight is 827 g/mol. The van der Waals surface area contributed by atoms with Gasteiger partial charge in [0.1, 0.15) is 16.8 Å². The monoisotopic (exact) mass is 826 g/mol. The van der Waals surface area contributed by atoms with Gasteiger partial charge < -0.3 is 4.42 Å². The van der Waals surface area contributed by atoms with Crippen LogP contribution in [0.1, 0.15) is 5.69 Å². The number of para-hydroxylation sites is 2. The van der Waals surface area contributed by atoms with Crippen molar-refractivity contribution < 1.29 is 4.42 Å². The molecule has 5 aromatic heterocycles. The lowest BCUT2D eigenvalue weighted by Gasteiger charge is -2.11. The van der Waals surface area contributed by atoms with Crippen molar-refractivity contribution in [2.75, 3.05) is 0 Å². The smallest absolute Gasteiger partial charge is 0.238 e. The molecule has 0 aliphatic heterocycles. The van der Waals surface area contributed by atoms with Gasteiger partial charge in [-0.1, -0.05) is 152 Å². The molecule has 12 aromatic rings. The molecule has 12 rings (SSSR count). The van der Waals surface area contributed by atoms with Crippen molar-refractivity contribution in [1.82, 2.24) is 29.5 Å². The van der Waals surface area contributed by atoms with Gasteiger partial charge in [0.15, 0.2) is 23.1 Å². The molecule has 0 saturated heterocycles. The molecule has 0 aliphatic rings. The Hall–Kier alpha value is -8.33. The first kappa shape index (κ1) is 36.5. The Balaban J connectivity index is 1.07. The summed E-state index contributed by atoms with van der Waals surface area (Å²) in [5.74, 6) is 2.35. The lowest BCUT2D eigenvalue weighted by atomic mass is 10.0. The molecule has 5 heterocycles. The Morgan fingerprint density at radius 1 is 0.508 bits per heavy atom. The van der Waals surface area contributed by atoms with Gasteiger partial charge >= 0.3 is 0 Å². The number of nitrogens with zero attached hydrogens (tertiary/aromatic N) is 6. The second kappa shape index (κ2) is 15.0. The zero-order chi connectivity index (χ0) is 41.9. The molecule has 7 nitrogen and oxygen atoms in total. The number of hydrogen-bond acceptors (Lipinski definition) is 7. The Bertz CT molecular complexity index is 3820. The molecule has 0 unspecified atom stereocenters. The van der Waals surface area contributed by atoms with Gasteiger partial charge in [-0.15, -0.1) is 11.3 Å². The summed E-state index contributed by atoms with van der Waals surface area (Å²) in [6.07, 6.45) is 9.46. The predicted octanol–water partition coefficient (Wildman–Crippen LogP) is 14.4. The molecule has 0 N–H and O–H groups in total. The molecule has 63 heavy (non-hydrogen) atoms. The van der Waals surface area contributed by atoms with E-state index in [1.807, 2.05) is 85.0 Å². The minimum Gasteiger partial charge on any atom is -0.452 e. The number of rotatable bonds is 8. The Labute approximate surface area is 365 Å². The highest BCUT2D eigenvalue weighted by Gasteiger charge is 2.22. The van der Waals surface area contributed by atoms with Crippen molar-refractivity contribution in [2.45, 2.75) is 0 Å². The van der Waals surface area contributed by atoms with Crippen LogP contribution in [-0.2, 0) is 0 Å². The molecule has 7 aromatic carbocycles. The van der Waals surface area contributed by atoms with Gasteiger partial charge in [0, 0.05) is 53.0 Å². The van der Waals surface area contributed by atoms with Gasteiger partial charge in [-0.25, -0.2) is 15.0 Å². The van der Waals surface area contributed by atoms with Crippen LogP contribution in [0.2, 0.25) is 0 Å². The second-order valence-electron chi connectivity index (χ2n) is 15.3. The number of benzene rings is 7. The summed E-state index contributed by atoms with van der Waals surface area (Å²) in [5, 5.41) is 5.34. The van der Waals surface area contributed by atoms with Gasteiger partial charge in [0.2, 0.25) is 5.95 Å². The quantitative estimate of drug-likeness (QED) is 0.142. The summed E-state index contributed by atoms with van der Waals surface area (Å²) in [6.45, 7) is 3.80. The topological polar surface area (TPSA) is 82.5 Å². The van der Waals surface area contributed by atoms with E-state index in [0.717, 1.165) is 80.7 Å². The highest BCUT2D eigenvalue weighted by molar-refractivity contribution is 7.26. The maximum absolute atomic E-state index is 6.35. The van der Waals surface area contributed by atoms with Gasteiger partial charge in [0.05, 0.1) is 11.0 Å². The van der Waals surface area contributed by atoms with Gasteiger partial charge in [-0.2, -0.15) is 9.97 Å². The van der Waals surface area contributed by atoms with Crippen LogP contribution >= 0.6 is 11.3 Å². The SMILES string of the molecule is C=C/C=C\C=C\c1nc(-c2cccc3sc4c(-c5nc(-c6ccccc6)nc(-n6c7ccccc7c7cc(-c8ccccc8)ccc76)n5)cccc4c23)nc2c1oc1ccccc12. The minimum absolute atomic E-state index is 0.550. The average Bonchev–Trinajstić information content (AvgIpc) is 4.03. The Morgan fingerprint density at radius 2 is 1.21 bits per heavy atom. The standard InChI is InChI=1S/C55H34N6OS/c1-2-3-4-11-27-43-50-49(38-23-13-15-29-46(38)62-50)57-53(56-43)40-25-17-30-47-48(40)39-24-16-26-41(51(39)63-47)54-58-52(35-20-9-6-10-21-35)59-55(60-54)61-44-28-14-12-22-37(44)42-33-36(31-32-45(42)61)34-18-7-5-8-19-34/h2-33H,1H2/b4-3-,27-11+. The molecule has 0 atom stereocenters. The van der Waals surface area contributed by atoms with Crippen molar-refractivity contribution in [3.05, 3.63) is 200 Å². The van der Waals surface area contributed by atoms with Crippen LogP contribution in [0.5, 0.6) is 0 Å². The molecule has 0 spiro atoms. The van der Waals surface area contributed by atoms with Crippen LogP contribution in [-0.4, -0.2) is 29.5 Å². The Morgan fingerprint density at radius 3 is 2.06 bits per heavy atom. The first-order valence-corrected chi connectivity index (χ1v) is 21.5. The minimum atomic E-state index is 0.550. The Kier molecular flexibility index (Phi) is 8.69. The fourth-order valence-electron chi connectivity index (χ4n) is 8.65. The van der Waals surface area contributed by atoms with E-state index in [1.54, 1.807) is 17.4 Å². The molecule has 296 valence electrons. The third-order valence-electron chi connectivity index (χ3n) is 11.5. The lowest BCUT2D eigenvalue weighted by Crippen LogP contribution is -2.06.